The number of nitrogens with one attached hydrogen (secondary N) is 1. The van der Waals surface area contributed by atoms with Gasteiger partial charge in [-0.3, -0.25) is 9.69 Å². The molecule has 1 saturated heterocycles. The van der Waals surface area contributed by atoms with Crippen molar-refractivity contribution in [2.75, 3.05) is 6.54 Å². The molecule has 0 saturated carbocycles. The Kier molecular flexibility index (Phi) is 7.88. The Morgan fingerprint density at radius 3 is 2.57 bits per heavy atom. The molecule has 6 heteroatoms. The van der Waals surface area contributed by atoms with Crippen LogP contribution in [0.15, 0.2) is 48.5 Å². The van der Waals surface area contributed by atoms with Crippen molar-refractivity contribution in [1.29, 1.82) is 0 Å². The van der Waals surface area contributed by atoms with Crippen LogP contribution < -0.4 is 5.32 Å². The first-order valence-corrected chi connectivity index (χ1v) is 9.37. The summed E-state index contributed by atoms with van der Waals surface area (Å²) in [5.41, 5.74) is 3.60. The van der Waals surface area contributed by atoms with Crippen molar-refractivity contribution in [1.82, 2.24) is 10.2 Å². The molecule has 28 heavy (non-hydrogen) atoms. The number of likely N-dealkylation sites (tertiary alicyclic amines) is 1. The van der Waals surface area contributed by atoms with Crippen LogP contribution in [0.25, 0.3) is 0 Å². The summed E-state index contributed by atoms with van der Waals surface area (Å²) in [5.74, 6) is -0.911. The van der Waals surface area contributed by atoms with Gasteiger partial charge in [0.15, 0.2) is 0 Å². The summed E-state index contributed by atoms with van der Waals surface area (Å²) >= 11 is 0. The number of carboxylic acid groups (broad SMARTS) is 1. The van der Waals surface area contributed by atoms with Gasteiger partial charge in [0.25, 0.3) is 0 Å². The Bertz CT molecular complexity index is 823. The number of benzene rings is 2. The molecular formula is C22H27LiN2O3. The van der Waals surface area contributed by atoms with E-state index >= 15 is 0 Å². The van der Waals surface area contributed by atoms with Crippen LogP contribution in [0, 0.1) is 6.92 Å². The van der Waals surface area contributed by atoms with Crippen molar-refractivity contribution >= 4 is 30.7 Å². The maximum absolute atomic E-state index is 12.8. The predicted molar refractivity (Wildman–Crippen MR) is 112 cm³/mol. The second-order valence-electron chi connectivity index (χ2n) is 7.27. The zero-order chi connectivity index (χ0) is 19.4. The molecule has 1 heterocycles. The molecule has 0 radical (unpaired) electrons. The van der Waals surface area contributed by atoms with Crippen LogP contribution in [0.1, 0.15) is 52.9 Å². The number of rotatable bonds is 6. The summed E-state index contributed by atoms with van der Waals surface area (Å²) in [6, 6.07) is 14.8. The topological polar surface area (TPSA) is 69.6 Å². The number of amides is 1. The van der Waals surface area contributed by atoms with Crippen LogP contribution in [0.4, 0.5) is 0 Å². The third-order valence-electron chi connectivity index (χ3n) is 5.15. The van der Waals surface area contributed by atoms with Gasteiger partial charge >= 0.3 is 24.8 Å². The van der Waals surface area contributed by atoms with Gasteiger partial charge < -0.3 is 10.4 Å². The first kappa shape index (κ1) is 22.2. The first-order valence-electron chi connectivity index (χ1n) is 9.37. The third kappa shape index (κ3) is 5.48. The molecule has 2 aromatic rings. The second-order valence-corrected chi connectivity index (χ2v) is 7.27. The van der Waals surface area contributed by atoms with Crippen LogP contribution in [-0.2, 0) is 11.3 Å². The van der Waals surface area contributed by atoms with Crippen LogP contribution in [-0.4, -0.2) is 53.3 Å². The van der Waals surface area contributed by atoms with Crippen molar-refractivity contribution < 1.29 is 14.7 Å². The summed E-state index contributed by atoms with van der Waals surface area (Å²) in [5, 5.41) is 12.1. The molecule has 0 bridgehead atoms. The molecule has 1 amide bonds. The standard InChI is InChI=1S/C22H26N2O3.Li.H/c1-15-5-3-6-17(13-15)14-24-12-4-7-20(24)21(25)23-16(2)18-8-10-19(11-9-18)22(26)27;;/h3,5-6,8-11,13,16,20H,4,7,12,14H2,1-2H3,(H,23,25)(H,26,27);;/t16-,20+;;/m0../s1. The Labute approximate surface area is 178 Å². The molecule has 3 rings (SSSR count). The van der Waals surface area contributed by atoms with E-state index in [0.717, 1.165) is 31.5 Å². The Morgan fingerprint density at radius 2 is 1.93 bits per heavy atom. The van der Waals surface area contributed by atoms with E-state index in [1.54, 1.807) is 24.3 Å². The van der Waals surface area contributed by atoms with Crippen LogP contribution in [0.5, 0.6) is 0 Å². The maximum atomic E-state index is 12.8. The van der Waals surface area contributed by atoms with Crippen LogP contribution in [0.3, 0.4) is 0 Å². The fraction of sp³-hybridized carbons (Fsp3) is 0.364. The molecule has 0 unspecified atom stereocenters. The number of hydrogen-bond acceptors (Lipinski definition) is 3. The number of hydrogen-bond donors (Lipinski definition) is 2. The monoisotopic (exact) mass is 374 g/mol. The quantitative estimate of drug-likeness (QED) is 0.763. The van der Waals surface area contributed by atoms with Gasteiger partial charge in [-0.05, 0) is 56.5 Å². The first-order chi connectivity index (χ1) is 12.9. The van der Waals surface area contributed by atoms with Gasteiger partial charge in [-0.1, -0.05) is 42.0 Å². The number of aromatic carboxylic acids is 1. The molecule has 144 valence electrons. The zero-order valence-corrected chi connectivity index (χ0v) is 15.8. The van der Waals surface area contributed by atoms with E-state index in [9.17, 15) is 9.59 Å². The zero-order valence-electron chi connectivity index (χ0n) is 15.8. The number of aryl methyl sites for hydroxylation is 1. The van der Waals surface area contributed by atoms with E-state index in [1.807, 2.05) is 6.92 Å². The summed E-state index contributed by atoms with van der Waals surface area (Å²) < 4.78 is 0. The Hall–Kier alpha value is -2.06. The Balaban J connectivity index is 0.00000280. The SMILES string of the molecule is Cc1cccc(CN2CCC[C@@H]2C(=O)N[C@@H](C)c2ccc(C(=O)O)cc2)c1.[LiH]. The number of carbonyl (C=O) groups is 2. The van der Waals surface area contributed by atoms with E-state index in [-0.39, 0.29) is 42.4 Å². The average molecular weight is 374 g/mol. The van der Waals surface area contributed by atoms with E-state index in [1.165, 1.54) is 11.1 Å². The van der Waals surface area contributed by atoms with Gasteiger partial charge in [0.1, 0.15) is 0 Å². The van der Waals surface area contributed by atoms with Gasteiger partial charge in [-0.15, -0.1) is 0 Å². The van der Waals surface area contributed by atoms with Crippen molar-refractivity contribution in [3.63, 3.8) is 0 Å². The van der Waals surface area contributed by atoms with E-state index in [2.05, 4.69) is 41.4 Å². The van der Waals surface area contributed by atoms with Crippen molar-refractivity contribution in [2.45, 2.75) is 45.3 Å². The number of carbonyl (C=O) groups excluding carboxylic acids is 1. The van der Waals surface area contributed by atoms with Gasteiger partial charge in [0.05, 0.1) is 17.6 Å². The molecule has 1 fully saturated rings. The van der Waals surface area contributed by atoms with Gasteiger partial charge in [0, 0.05) is 6.54 Å². The minimum absolute atomic E-state index is 0. The van der Waals surface area contributed by atoms with E-state index in [4.69, 9.17) is 5.11 Å². The summed E-state index contributed by atoms with van der Waals surface area (Å²) in [6.07, 6.45) is 1.88. The molecule has 5 nitrogen and oxygen atoms in total. The summed E-state index contributed by atoms with van der Waals surface area (Å²) in [6.45, 7) is 5.71. The fourth-order valence-electron chi connectivity index (χ4n) is 3.66. The molecule has 0 spiro atoms. The van der Waals surface area contributed by atoms with Crippen LogP contribution >= 0.6 is 0 Å². The minimum atomic E-state index is -0.948. The average Bonchev–Trinajstić information content (AvgIpc) is 3.10. The molecule has 2 atom stereocenters. The fourth-order valence-corrected chi connectivity index (χ4v) is 3.66. The molecule has 2 aromatic carbocycles. The molecular weight excluding hydrogens is 347 g/mol. The number of nitrogens with zero attached hydrogens (tertiary/aromatic N) is 1. The number of carboxylic acids is 1. The normalized spacial score (nSPS) is 17.6. The van der Waals surface area contributed by atoms with Crippen molar-refractivity contribution in [3.8, 4) is 0 Å². The van der Waals surface area contributed by atoms with E-state index in [0.29, 0.717) is 0 Å². The molecule has 0 aromatic heterocycles. The van der Waals surface area contributed by atoms with E-state index < -0.39 is 5.97 Å². The van der Waals surface area contributed by atoms with Crippen molar-refractivity contribution in [3.05, 3.63) is 70.8 Å². The predicted octanol–water partition coefficient (Wildman–Crippen LogP) is 2.89. The van der Waals surface area contributed by atoms with Crippen LogP contribution in [0.2, 0.25) is 0 Å². The van der Waals surface area contributed by atoms with Gasteiger partial charge in [0.2, 0.25) is 5.91 Å². The van der Waals surface area contributed by atoms with Gasteiger partial charge in [-0.2, -0.15) is 0 Å². The Morgan fingerprint density at radius 1 is 1.21 bits per heavy atom. The molecule has 0 aliphatic carbocycles. The molecule has 1 aliphatic rings. The summed E-state index contributed by atoms with van der Waals surface area (Å²) in [7, 11) is 0. The van der Waals surface area contributed by atoms with Gasteiger partial charge in [-0.25, -0.2) is 4.79 Å². The second kappa shape index (κ2) is 9.93. The van der Waals surface area contributed by atoms with Crippen molar-refractivity contribution in [2.24, 2.45) is 0 Å². The molecule has 2 N–H and O–H groups in total. The summed E-state index contributed by atoms with van der Waals surface area (Å²) in [4.78, 5) is 26.0. The molecule has 1 aliphatic heterocycles. The third-order valence-corrected chi connectivity index (χ3v) is 5.15.